The fraction of sp³-hybridized carbons (Fsp3) is 0.333. The summed E-state index contributed by atoms with van der Waals surface area (Å²) < 4.78 is 26.9. The molecule has 0 aromatic heterocycles. The van der Waals surface area contributed by atoms with Crippen LogP contribution < -0.4 is 10.0 Å². The van der Waals surface area contributed by atoms with Gasteiger partial charge in [0.2, 0.25) is 0 Å². The summed E-state index contributed by atoms with van der Waals surface area (Å²) in [6.07, 6.45) is 0. The van der Waals surface area contributed by atoms with Gasteiger partial charge in [-0.05, 0) is 18.2 Å². The minimum atomic E-state index is -3.32. The number of hydrogen-bond donors (Lipinski definition) is 0. The first-order valence-electron chi connectivity index (χ1n) is 4.13. The van der Waals surface area contributed by atoms with Gasteiger partial charge >= 0.3 is 7.60 Å². The van der Waals surface area contributed by atoms with E-state index in [2.05, 4.69) is 0 Å². The van der Waals surface area contributed by atoms with Crippen LogP contribution in [0.25, 0.3) is 0 Å². The first kappa shape index (κ1) is 12.5. The van der Waals surface area contributed by atoms with Crippen molar-refractivity contribution < 1.29 is 18.3 Å². The summed E-state index contributed by atoms with van der Waals surface area (Å²) in [6.45, 7) is 0. The van der Waals surface area contributed by atoms with Crippen molar-refractivity contribution in [2.45, 2.75) is 0 Å². The van der Waals surface area contributed by atoms with Crippen molar-refractivity contribution in [1.82, 2.24) is 0 Å². The molecule has 0 atom stereocenters. The van der Waals surface area contributed by atoms with Crippen molar-refractivity contribution in [1.29, 1.82) is 0 Å². The quantitative estimate of drug-likeness (QED) is 0.770. The highest BCUT2D eigenvalue weighted by molar-refractivity contribution is 7.62. The van der Waals surface area contributed by atoms with Gasteiger partial charge in [-0.1, -0.05) is 11.6 Å². The third-order valence-corrected chi connectivity index (χ3v) is 4.05. The molecule has 0 bridgehead atoms. The molecule has 4 nitrogen and oxygen atoms in total. The lowest BCUT2D eigenvalue weighted by molar-refractivity contribution is 0.286. The third-order valence-electron chi connectivity index (χ3n) is 1.92. The van der Waals surface area contributed by atoms with Gasteiger partial charge in [0.15, 0.2) is 0 Å². The summed E-state index contributed by atoms with van der Waals surface area (Å²) in [7, 11) is 0.771. The zero-order chi connectivity index (χ0) is 11.5. The van der Waals surface area contributed by atoms with E-state index in [1.807, 2.05) is 0 Å². The number of rotatable bonds is 4. The lowest BCUT2D eigenvalue weighted by atomic mass is 10.3. The molecule has 1 aromatic carbocycles. The normalized spacial score (nSPS) is 11.5. The van der Waals surface area contributed by atoms with Gasteiger partial charge < -0.3 is 13.8 Å². The fourth-order valence-corrected chi connectivity index (χ4v) is 2.67. The Morgan fingerprint density at radius 2 is 1.80 bits per heavy atom. The zero-order valence-corrected chi connectivity index (χ0v) is 10.3. The van der Waals surface area contributed by atoms with E-state index in [9.17, 15) is 4.57 Å². The lowest BCUT2D eigenvalue weighted by Gasteiger charge is -2.16. The van der Waals surface area contributed by atoms with Gasteiger partial charge in [0.1, 0.15) is 11.1 Å². The van der Waals surface area contributed by atoms with Crippen LogP contribution in [0.1, 0.15) is 0 Å². The molecule has 0 aliphatic heterocycles. The van der Waals surface area contributed by atoms with Crippen molar-refractivity contribution in [2.75, 3.05) is 21.3 Å². The zero-order valence-electron chi connectivity index (χ0n) is 8.69. The Morgan fingerprint density at radius 1 is 1.20 bits per heavy atom. The molecule has 15 heavy (non-hydrogen) atoms. The van der Waals surface area contributed by atoms with Crippen LogP contribution in [0, 0.1) is 0 Å². The van der Waals surface area contributed by atoms with Crippen LogP contribution in [0.5, 0.6) is 5.75 Å². The Kier molecular flexibility index (Phi) is 4.17. The molecule has 0 unspecified atom stereocenters. The Morgan fingerprint density at radius 3 is 2.27 bits per heavy atom. The molecule has 0 saturated carbocycles. The van der Waals surface area contributed by atoms with E-state index < -0.39 is 7.60 Å². The summed E-state index contributed by atoms with van der Waals surface area (Å²) in [4.78, 5) is 0. The van der Waals surface area contributed by atoms with Crippen LogP contribution in [0.2, 0.25) is 5.02 Å². The van der Waals surface area contributed by atoms with E-state index in [-0.39, 0.29) is 0 Å². The molecule has 0 amide bonds. The van der Waals surface area contributed by atoms with E-state index in [4.69, 9.17) is 25.4 Å². The molecule has 0 aliphatic rings. The Balaban J connectivity index is 3.33. The standard InChI is InChI=1S/C9H12ClO4P/c1-12-8-5-4-7(10)6-9(8)15(11,13-2)14-3/h4-6H,1-3H3. The van der Waals surface area contributed by atoms with E-state index >= 15 is 0 Å². The van der Waals surface area contributed by atoms with Gasteiger partial charge in [-0.15, -0.1) is 0 Å². The third kappa shape index (κ3) is 2.52. The molecule has 0 heterocycles. The number of hydrogen-bond acceptors (Lipinski definition) is 4. The second-order valence-corrected chi connectivity index (χ2v) is 5.32. The summed E-state index contributed by atoms with van der Waals surface area (Å²) in [6, 6.07) is 4.76. The molecule has 0 radical (unpaired) electrons. The minimum Gasteiger partial charge on any atom is -0.496 e. The highest BCUT2D eigenvalue weighted by Gasteiger charge is 2.28. The Bertz CT molecular complexity index is 386. The Labute approximate surface area is 93.6 Å². The maximum absolute atomic E-state index is 12.1. The summed E-state index contributed by atoms with van der Waals surface area (Å²) in [5.41, 5.74) is 0. The van der Waals surface area contributed by atoms with Gasteiger partial charge in [0.05, 0.1) is 7.11 Å². The highest BCUT2D eigenvalue weighted by Crippen LogP contribution is 2.48. The molecule has 0 aliphatic carbocycles. The molecular weight excluding hydrogens is 239 g/mol. The van der Waals surface area contributed by atoms with E-state index in [0.717, 1.165) is 0 Å². The topological polar surface area (TPSA) is 44.8 Å². The van der Waals surface area contributed by atoms with Gasteiger partial charge in [0, 0.05) is 19.2 Å². The lowest BCUT2D eigenvalue weighted by Crippen LogP contribution is -2.11. The molecule has 0 fully saturated rings. The van der Waals surface area contributed by atoms with Crippen molar-refractivity contribution in [3.63, 3.8) is 0 Å². The molecule has 1 rings (SSSR count). The van der Waals surface area contributed by atoms with Crippen LogP contribution in [0.4, 0.5) is 0 Å². The van der Waals surface area contributed by atoms with Gasteiger partial charge in [-0.3, -0.25) is 4.57 Å². The van der Waals surface area contributed by atoms with Crippen molar-refractivity contribution in [3.8, 4) is 5.75 Å². The summed E-state index contributed by atoms with van der Waals surface area (Å²) >= 11 is 5.81. The molecule has 0 saturated heterocycles. The van der Waals surface area contributed by atoms with E-state index in [1.54, 1.807) is 12.1 Å². The largest absolute Gasteiger partial charge is 0.496 e. The number of benzene rings is 1. The monoisotopic (exact) mass is 250 g/mol. The predicted octanol–water partition coefficient (Wildman–Crippen LogP) is 2.46. The van der Waals surface area contributed by atoms with Crippen LogP contribution in [-0.2, 0) is 13.6 Å². The molecular formula is C9H12ClO4P. The van der Waals surface area contributed by atoms with E-state index in [1.165, 1.54) is 27.4 Å². The van der Waals surface area contributed by atoms with Crippen molar-refractivity contribution in [2.24, 2.45) is 0 Å². The van der Waals surface area contributed by atoms with Gasteiger partial charge in [-0.2, -0.15) is 0 Å². The molecule has 1 aromatic rings. The highest BCUT2D eigenvalue weighted by atomic mass is 35.5. The first-order valence-corrected chi connectivity index (χ1v) is 6.05. The predicted molar refractivity (Wildman–Crippen MR) is 59.3 cm³/mol. The second kappa shape index (κ2) is 4.99. The minimum absolute atomic E-state index is 0.322. The number of methoxy groups -OCH3 is 1. The van der Waals surface area contributed by atoms with Gasteiger partial charge in [0.25, 0.3) is 0 Å². The summed E-state index contributed by atoms with van der Waals surface area (Å²) in [5.74, 6) is 0.423. The average molecular weight is 251 g/mol. The van der Waals surface area contributed by atoms with Crippen LogP contribution in [-0.4, -0.2) is 21.3 Å². The average Bonchev–Trinajstić information content (AvgIpc) is 2.28. The van der Waals surface area contributed by atoms with Crippen LogP contribution in [0.3, 0.4) is 0 Å². The maximum atomic E-state index is 12.1. The van der Waals surface area contributed by atoms with Crippen LogP contribution >= 0.6 is 19.2 Å². The van der Waals surface area contributed by atoms with Crippen molar-refractivity contribution >= 4 is 24.5 Å². The SMILES string of the molecule is COc1ccc(Cl)cc1P(=O)(OC)OC. The van der Waals surface area contributed by atoms with Crippen molar-refractivity contribution in [3.05, 3.63) is 23.2 Å². The molecule has 0 spiro atoms. The molecule has 0 N–H and O–H groups in total. The second-order valence-electron chi connectivity index (χ2n) is 2.68. The summed E-state index contributed by atoms with van der Waals surface area (Å²) in [5, 5.41) is 0.766. The number of ether oxygens (including phenoxy) is 1. The first-order chi connectivity index (χ1) is 7.07. The smallest absolute Gasteiger partial charge is 0.364 e. The number of halogens is 1. The van der Waals surface area contributed by atoms with E-state index in [0.29, 0.717) is 16.1 Å². The fourth-order valence-electron chi connectivity index (χ4n) is 1.15. The molecule has 6 heteroatoms. The maximum Gasteiger partial charge on any atom is 0.364 e. The van der Waals surface area contributed by atoms with Gasteiger partial charge in [-0.25, -0.2) is 0 Å². The Hall–Kier alpha value is -0.540. The molecule has 84 valence electrons. The van der Waals surface area contributed by atoms with Crippen LogP contribution in [0.15, 0.2) is 18.2 Å².